The number of nitrogens with one attached hydrogen (secondary N) is 1. The van der Waals surface area contributed by atoms with Crippen LogP contribution in [0.5, 0.6) is 11.5 Å². The quantitative estimate of drug-likeness (QED) is 0.375. The Kier molecular flexibility index (Phi) is 8.06. The SMILES string of the molecule is CCCN1C2=C(C(=O)CC(C)(C)C2)C(c2ccc(OCC(=O)Nc3ccccc3)c(OC)c2)C2=C1CC(C)(C)CC2=O. The molecule has 0 radical (unpaired) electrons. The van der Waals surface area contributed by atoms with Gasteiger partial charge in [0.05, 0.1) is 7.11 Å². The van der Waals surface area contributed by atoms with E-state index in [-0.39, 0.29) is 34.9 Å². The van der Waals surface area contributed by atoms with Crippen molar-refractivity contribution in [2.45, 2.75) is 72.6 Å². The van der Waals surface area contributed by atoms with E-state index in [0.717, 1.165) is 53.9 Å². The second-order valence-corrected chi connectivity index (χ2v) is 13.3. The number of methoxy groups -OCH3 is 1. The van der Waals surface area contributed by atoms with E-state index in [9.17, 15) is 14.4 Å². The van der Waals surface area contributed by atoms with Gasteiger partial charge in [-0.25, -0.2) is 0 Å². The summed E-state index contributed by atoms with van der Waals surface area (Å²) in [6.07, 6.45) is 3.37. The minimum atomic E-state index is -0.459. The van der Waals surface area contributed by atoms with Gasteiger partial charge >= 0.3 is 0 Å². The summed E-state index contributed by atoms with van der Waals surface area (Å²) in [6.45, 7) is 11.3. The van der Waals surface area contributed by atoms with Crippen molar-refractivity contribution in [1.82, 2.24) is 4.90 Å². The van der Waals surface area contributed by atoms with Crippen molar-refractivity contribution in [3.05, 3.63) is 76.6 Å². The summed E-state index contributed by atoms with van der Waals surface area (Å²) in [4.78, 5) is 42.6. The summed E-state index contributed by atoms with van der Waals surface area (Å²) in [5, 5.41) is 2.82. The van der Waals surface area contributed by atoms with Gasteiger partial charge in [0.15, 0.2) is 29.7 Å². The number of ether oxygens (including phenoxy) is 2. The van der Waals surface area contributed by atoms with Crippen LogP contribution in [0, 0.1) is 10.8 Å². The molecule has 0 spiro atoms. The molecule has 0 saturated carbocycles. The van der Waals surface area contributed by atoms with Crippen LogP contribution in [-0.2, 0) is 14.4 Å². The molecule has 0 bridgehead atoms. The Morgan fingerprint density at radius 2 is 1.48 bits per heavy atom. The summed E-state index contributed by atoms with van der Waals surface area (Å²) < 4.78 is 11.6. The maximum Gasteiger partial charge on any atom is 0.262 e. The van der Waals surface area contributed by atoms with E-state index in [2.05, 4.69) is 44.8 Å². The number of carbonyl (C=O) groups is 3. The van der Waals surface area contributed by atoms with Crippen molar-refractivity contribution in [3.63, 3.8) is 0 Å². The van der Waals surface area contributed by atoms with Crippen molar-refractivity contribution in [1.29, 1.82) is 0 Å². The number of anilines is 1. The largest absolute Gasteiger partial charge is 0.493 e. The zero-order chi connectivity index (χ0) is 30.2. The van der Waals surface area contributed by atoms with Gasteiger partial charge in [0.2, 0.25) is 0 Å². The summed E-state index contributed by atoms with van der Waals surface area (Å²) in [6, 6.07) is 14.7. The lowest BCUT2D eigenvalue weighted by Crippen LogP contribution is -2.44. The van der Waals surface area contributed by atoms with Gasteiger partial charge in [-0.2, -0.15) is 0 Å². The molecular weight excluding hydrogens is 528 g/mol. The molecule has 7 nitrogen and oxygen atoms in total. The second-order valence-electron chi connectivity index (χ2n) is 13.3. The molecule has 0 aromatic heterocycles. The molecule has 2 aromatic rings. The summed E-state index contributed by atoms with van der Waals surface area (Å²) in [7, 11) is 1.55. The van der Waals surface area contributed by atoms with Crippen LogP contribution in [-0.4, -0.2) is 42.6 Å². The van der Waals surface area contributed by atoms with E-state index in [4.69, 9.17) is 9.47 Å². The molecule has 0 fully saturated rings. The van der Waals surface area contributed by atoms with Crippen LogP contribution in [0.2, 0.25) is 0 Å². The molecular formula is C35H42N2O5. The molecule has 2 aliphatic carbocycles. The third kappa shape index (κ3) is 5.87. The molecule has 0 unspecified atom stereocenters. The van der Waals surface area contributed by atoms with Gasteiger partial charge in [-0.15, -0.1) is 0 Å². The maximum absolute atomic E-state index is 13.9. The lowest BCUT2D eigenvalue weighted by Gasteiger charge is -2.49. The monoisotopic (exact) mass is 570 g/mol. The van der Waals surface area contributed by atoms with Crippen molar-refractivity contribution in [2.24, 2.45) is 10.8 Å². The van der Waals surface area contributed by atoms with E-state index >= 15 is 0 Å². The molecule has 5 rings (SSSR count). The lowest BCUT2D eigenvalue weighted by atomic mass is 9.63. The highest BCUT2D eigenvalue weighted by Crippen LogP contribution is 2.54. The number of allylic oxidation sites excluding steroid dienone is 4. The Hall–Kier alpha value is -3.87. The molecule has 0 atom stereocenters. The van der Waals surface area contributed by atoms with Gasteiger partial charge in [-0.3, -0.25) is 14.4 Å². The van der Waals surface area contributed by atoms with Gasteiger partial charge in [0.25, 0.3) is 5.91 Å². The van der Waals surface area contributed by atoms with E-state index in [0.29, 0.717) is 30.0 Å². The molecule has 1 aliphatic heterocycles. The van der Waals surface area contributed by atoms with E-state index < -0.39 is 5.92 Å². The number of hydrogen-bond acceptors (Lipinski definition) is 6. The van der Waals surface area contributed by atoms with Crippen LogP contribution in [0.3, 0.4) is 0 Å². The number of carbonyl (C=O) groups excluding carboxylic acids is 3. The fraction of sp³-hybridized carbons (Fsp3) is 0.457. The molecule has 3 aliphatic rings. The number of para-hydroxylation sites is 1. The number of amides is 1. The zero-order valence-electron chi connectivity index (χ0n) is 25.6. The fourth-order valence-corrected chi connectivity index (χ4v) is 6.72. The molecule has 222 valence electrons. The van der Waals surface area contributed by atoms with Crippen LogP contribution in [0.1, 0.15) is 78.2 Å². The Morgan fingerprint density at radius 1 is 0.881 bits per heavy atom. The molecule has 0 saturated heterocycles. The Labute approximate surface area is 249 Å². The number of nitrogens with zero attached hydrogens (tertiary/aromatic N) is 1. The van der Waals surface area contributed by atoms with Crippen molar-refractivity contribution in [3.8, 4) is 11.5 Å². The fourth-order valence-electron chi connectivity index (χ4n) is 6.72. The first-order valence-electron chi connectivity index (χ1n) is 14.9. The first-order chi connectivity index (χ1) is 19.9. The first-order valence-corrected chi connectivity index (χ1v) is 14.9. The standard InChI is InChI=1S/C35H42N2O5/c1-7-15-37-24-17-34(2,3)19-26(38)32(24)31(33-25(37)18-35(4,5)20-27(33)39)22-13-14-28(29(16-22)41-6)42-21-30(40)36-23-11-9-8-10-12-23/h8-14,16,31H,7,15,17-21H2,1-6H3,(H,36,40). The van der Waals surface area contributed by atoms with Gasteiger partial charge < -0.3 is 19.7 Å². The molecule has 42 heavy (non-hydrogen) atoms. The third-order valence-electron chi connectivity index (χ3n) is 8.41. The number of rotatable bonds is 8. The third-order valence-corrected chi connectivity index (χ3v) is 8.41. The molecule has 1 N–H and O–H groups in total. The van der Waals surface area contributed by atoms with Crippen LogP contribution in [0.15, 0.2) is 71.1 Å². The predicted octanol–water partition coefficient (Wildman–Crippen LogP) is 6.81. The normalized spacial score (nSPS) is 19.8. The van der Waals surface area contributed by atoms with E-state index in [1.807, 2.05) is 42.5 Å². The smallest absolute Gasteiger partial charge is 0.262 e. The van der Waals surface area contributed by atoms with Crippen LogP contribution in [0.25, 0.3) is 0 Å². The number of benzene rings is 2. The topological polar surface area (TPSA) is 84.9 Å². The minimum Gasteiger partial charge on any atom is -0.493 e. The Balaban J connectivity index is 1.54. The van der Waals surface area contributed by atoms with Crippen molar-refractivity contribution in [2.75, 3.05) is 25.6 Å². The number of hydrogen-bond donors (Lipinski definition) is 1. The molecule has 2 aromatic carbocycles. The van der Waals surface area contributed by atoms with Crippen molar-refractivity contribution >= 4 is 23.2 Å². The highest BCUT2D eigenvalue weighted by molar-refractivity contribution is 6.06. The molecule has 7 heteroatoms. The average Bonchev–Trinajstić information content (AvgIpc) is 2.92. The maximum atomic E-state index is 13.9. The van der Waals surface area contributed by atoms with Crippen LogP contribution < -0.4 is 14.8 Å². The van der Waals surface area contributed by atoms with Gasteiger partial charge in [0.1, 0.15) is 0 Å². The molecule has 1 amide bonds. The summed E-state index contributed by atoms with van der Waals surface area (Å²) >= 11 is 0. The Bertz CT molecular complexity index is 1410. The minimum absolute atomic E-state index is 0.105. The number of ketones is 2. The Morgan fingerprint density at radius 3 is 2.02 bits per heavy atom. The predicted molar refractivity (Wildman–Crippen MR) is 163 cm³/mol. The van der Waals surface area contributed by atoms with Crippen LogP contribution in [0.4, 0.5) is 5.69 Å². The summed E-state index contributed by atoms with van der Waals surface area (Å²) in [5.74, 6) is 0.337. The van der Waals surface area contributed by atoms with E-state index in [1.54, 1.807) is 13.2 Å². The van der Waals surface area contributed by atoms with E-state index in [1.165, 1.54) is 0 Å². The van der Waals surface area contributed by atoms with Gasteiger partial charge in [-0.1, -0.05) is 58.9 Å². The zero-order valence-corrected chi connectivity index (χ0v) is 25.6. The summed E-state index contributed by atoms with van der Waals surface area (Å²) in [5.41, 5.74) is 4.80. The van der Waals surface area contributed by atoms with Crippen LogP contribution >= 0.6 is 0 Å². The second kappa shape index (κ2) is 11.4. The van der Waals surface area contributed by atoms with Gasteiger partial charge in [0, 0.05) is 53.5 Å². The van der Waals surface area contributed by atoms with Crippen molar-refractivity contribution < 1.29 is 23.9 Å². The molecule has 1 heterocycles. The number of Topliss-reactive ketones (excluding diaryl/α,β-unsaturated/α-hetero) is 2. The van der Waals surface area contributed by atoms with Gasteiger partial charge in [-0.05, 0) is 59.9 Å². The average molecular weight is 571 g/mol. The highest BCUT2D eigenvalue weighted by atomic mass is 16.5. The highest BCUT2D eigenvalue weighted by Gasteiger charge is 2.48. The lowest BCUT2D eigenvalue weighted by molar-refractivity contribution is -0.120. The first kappa shape index (κ1) is 29.6.